The minimum atomic E-state index is 0.165. The van der Waals surface area contributed by atoms with Crippen LogP contribution in [0.3, 0.4) is 0 Å². The molecule has 0 fully saturated rings. The van der Waals surface area contributed by atoms with Crippen LogP contribution in [-0.2, 0) is 11.8 Å². The van der Waals surface area contributed by atoms with Gasteiger partial charge in [0.25, 0.3) is 0 Å². The minimum Gasteiger partial charge on any atom is -0.368 e. The second-order valence-corrected chi connectivity index (χ2v) is 5.72. The molecular weight excluding hydrogens is 274 g/mol. The van der Waals surface area contributed by atoms with Gasteiger partial charge in [-0.25, -0.2) is 0 Å². The first-order chi connectivity index (χ1) is 9.60. The standard InChI is InChI=1S/C13H25N5OS/c1-4-6-8-18(9-7-5-2)11(19)10-20-13-16-15-12(14)17(13)3/h4-10H2,1-3H3,(H2,14,15). The number of rotatable bonds is 9. The second kappa shape index (κ2) is 8.84. The van der Waals surface area contributed by atoms with Crippen LogP contribution in [0.5, 0.6) is 0 Å². The number of carbonyl (C=O) groups excluding carboxylic acids is 1. The van der Waals surface area contributed by atoms with E-state index in [2.05, 4.69) is 24.0 Å². The molecule has 0 spiro atoms. The lowest BCUT2D eigenvalue weighted by Crippen LogP contribution is -2.34. The van der Waals surface area contributed by atoms with Crippen LogP contribution in [0.2, 0.25) is 0 Å². The van der Waals surface area contributed by atoms with Crippen LogP contribution in [0.1, 0.15) is 39.5 Å². The van der Waals surface area contributed by atoms with Gasteiger partial charge < -0.3 is 10.6 Å². The second-order valence-electron chi connectivity index (χ2n) is 4.78. The predicted octanol–water partition coefficient (Wildman–Crippen LogP) is 1.92. The fourth-order valence-corrected chi connectivity index (χ4v) is 2.55. The fraction of sp³-hybridized carbons (Fsp3) is 0.769. The lowest BCUT2D eigenvalue weighted by Gasteiger charge is -2.22. The van der Waals surface area contributed by atoms with Gasteiger partial charge in [-0.2, -0.15) is 0 Å². The van der Waals surface area contributed by atoms with E-state index >= 15 is 0 Å². The Bertz CT molecular complexity index is 413. The number of anilines is 1. The molecule has 6 nitrogen and oxygen atoms in total. The number of amides is 1. The van der Waals surface area contributed by atoms with Gasteiger partial charge in [0.1, 0.15) is 0 Å². The molecule has 0 atom stereocenters. The molecule has 1 amide bonds. The van der Waals surface area contributed by atoms with Crippen molar-refractivity contribution in [1.29, 1.82) is 0 Å². The Kier molecular flexibility index (Phi) is 7.43. The van der Waals surface area contributed by atoms with Gasteiger partial charge in [0.15, 0.2) is 5.16 Å². The van der Waals surface area contributed by atoms with Crippen LogP contribution in [0.15, 0.2) is 5.16 Å². The third-order valence-corrected chi connectivity index (χ3v) is 4.11. The van der Waals surface area contributed by atoms with Crippen molar-refractivity contribution >= 4 is 23.6 Å². The monoisotopic (exact) mass is 299 g/mol. The molecule has 0 saturated carbocycles. The summed E-state index contributed by atoms with van der Waals surface area (Å²) in [5.41, 5.74) is 5.62. The molecule has 1 aromatic heterocycles. The van der Waals surface area contributed by atoms with Gasteiger partial charge in [-0.15, -0.1) is 10.2 Å². The zero-order valence-electron chi connectivity index (χ0n) is 12.6. The van der Waals surface area contributed by atoms with E-state index in [0.29, 0.717) is 16.9 Å². The van der Waals surface area contributed by atoms with E-state index in [0.717, 1.165) is 38.8 Å². The first kappa shape index (κ1) is 16.8. The van der Waals surface area contributed by atoms with E-state index in [9.17, 15) is 4.79 Å². The molecule has 0 radical (unpaired) electrons. The summed E-state index contributed by atoms with van der Waals surface area (Å²) in [4.78, 5) is 14.2. The number of carbonyl (C=O) groups is 1. The Hall–Kier alpha value is -1.24. The number of hydrogen-bond acceptors (Lipinski definition) is 5. The quantitative estimate of drug-likeness (QED) is 0.705. The number of nitrogens with zero attached hydrogens (tertiary/aromatic N) is 4. The van der Waals surface area contributed by atoms with Crippen LogP contribution in [0.25, 0.3) is 0 Å². The van der Waals surface area contributed by atoms with Gasteiger partial charge in [0.05, 0.1) is 5.75 Å². The average molecular weight is 299 g/mol. The molecule has 1 heterocycles. The number of nitrogens with two attached hydrogens (primary N) is 1. The summed E-state index contributed by atoms with van der Waals surface area (Å²) in [6.45, 7) is 5.97. The van der Waals surface area contributed by atoms with Crippen molar-refractivity contribution in [3.05, 3.63) is 0 Å². The van der Waals surface area contributed by atoms with Gasteiger partial charge in [0.2, 0.25) is 11.9 Å². The van der Waals surface area contributed by atoms with Crippen molar-refractivity contribution < 1.29 is 4.79 Å². The largest absolute Gasteiger partial charge is 0.368 e. The van der Waals surface area contributed by atoms with Crippen molar-refractivity contribution in [3.8, 4) is 0 Å². The van der Waals surface area contributed by atoms with Gasteiger partial charge >= 0.3 is 0 Å². The summed E-state index contributed by atoms with van der Waals surface area (Å²) in [6.07, 6.45) is 4.31. The average Bonchev–Trinajstić information content (AvgIpc) is 2.76. The van der Waals surface area contributed by atoms with E-state index in [-0.39, 0.29) is 5.91 Å². The summed E-state index contributed by atoms with van der Waals surface area (Å²) in [5.74, 6) is 0.923. The Labute approximate surface area is 125 Å². The summed E-state index contributed by atoms with van der Waals surface area (Å²) >= 11 is 1.39. The topological polar surface area (TPSA) is 77.0 Å². The van der Waals surface area contributed by atoms with E-state index in [1.54, 1.807) is 11.6 Å². The van der Waals surface area contributed by atoms with Crippen molar-refractivity contribution in [2.75, 3.05) is 24.6 Å². The molecule has 0 bridgehead atoms. The van der Waals surface area contributed by atoms with Crippen LogP contribution in [0, 0.1) is 0 Å². The third-order valence-electron chi connectivity index (χ3n) is 3.11. The van der Waals surface area contributed by atoms with E-state index < -0.39 is 0 Å². The molecule has 7 heteroatoms. The van der Waals surface area contributed by atoms with E-state index in [1.165, 1.54) is 11.8 Å². The highest BCUT2D eigenvalue weighted by molar-refractivity contribution is 7.99. The van der Waals surface area contributed by atoms with Crippen molar-refractivity contribution in [1.82, 2.24) is 19.7 Å². The molecule has 114 valence electrons. The molecule has 0 aliphatic heterocycles. The van der Waals surface area contributed by atoms with Gasteiger partial charge in [-0.1, -0.05) is 38.5 Å². The molecule has 0 aromatic carbocycles. The van der Waals surface area contributed by atoms with Crippen LogP contribution in [0.4, 0.5) is 5.95 Å². The molecule has 20 heavy (non-hydrogen) atoms. The predicted molar refractivity (Wildman–Crippen MR) is 82.5 cm³/mol. The zero-order valence-corrected chi connectivity index (χ0v) is 13.4. The van der Waals surface area contributed by atoms with Crippen molar-refractivity contribution in [2.45, 2.75) is 44.7 Å². The first-order valence-corrected chi connectivity index (χ1v) is 8.14. The van der Waals surface area contributed by atoms with Gasteiger partial charge in [-0.3, -0.25) is 9.36 Å². The molecule has 1 aromatic rings. The summed E-state index contributed by atoms with van der Waals surface area (Å²) < 4.78 is 1.69. The lowest BCUT2D eigenvalue weighted by atomic mass is 10.2. The maximum atomic E-state index is 12.3. The zero-order chi connectivity index (χ0) is 15.0. The maximum absolute atomic E-state index is 12.3. The third kappa shape index (κ3) is 5.03. The highest BCUT2D eigenvalue weighted by atomic mass is 32.2. The summed E-state index contributed by atoms with van der Waals surface area (Å²) in [5, 5.41) is 8.42. The minimum absolute atomic E-state index is 0.165. The van der Waals surface area contributed by atoms with Crippen molar-refractivity contribution in [2.24, 2.45) is 7.05 Å². The molecule has 0 aliphatic carbocycles. The highest BCUT2D eigenvalue weighted by Crippen LogP contribution is 2.17. The number of unbranched alkanes of at least 4 members (excludes halogenated alkanes) is 2. The Morgan fingerprint density at radius 2 is 1.85 bits per heavy atom. The van der Waals surface area contributed by atoms with Gasteiger partial charge in [0, 0.05) is 20.1 Å². The van der Waals surface area contributed by atoms with E-state index in [4.69, 9.17) is 5.73 Å². The maximum Gasteiger partial charge on any atom is 0.233 e. The van der Waals surface area contributed by atoms with Crippen LogP contribution in [-0.4, -0.2) is 44.4 Å². The van der Waals surface area contributed by atoms with Gasteiger partial charge in [-0.05, 0) is 12.8 Å². The fourth-order valence-electron chi connectivity index (χ4n) is 1.73. The molecule has 1 rings (SSSR count). The first-order valence-electron chi connectivity index (χ1n) is 7.15. The van der Waals surface area contributed by atoms with Crippen LogP contribution >= 0.6 is 11.8 Å². The summed E-state index contributed by atoms with van der Waals surface area (Å²) in [7, 11) is 1.80. The molecule has 0 aliphatic rings. The molecule has 0 unspecified atom stereocenters. The number of thioether (sulfide) groups is 1. The Morgan fingerprint density at radius 3 is 2.30 bits per heavy atom. The van der Waals surface area contributed by atoms with Crippen molar-refractivity contribution in [3.63, 3.8) is 0 Å². The summed E-state index contributed by atoms with van der Waals surface area (Å²) in [6, 6.07) is 0. The Balaban J connectivity index is 2.50. The lowest BCUT2D eigenvalue weighted by molar-refractivity contribution is -0.128. The molecule has 2 N–H and O–H groups in total. The Morgan fingerprint density at radius 1 is 1.25 bits per heavy atom. The smallest absolute Gasteiger partial charge is 0.233 e. The van der Waals surface area contributed by atoms with Crippen LogP contribution < -0.4 is 5.73 Å². The normalized spacial score (nSPS) is 10.8. The number of nitrogen functional groups attached to an aromatic ring is 1. The highest BCUT2D eigenvalue weighted by Gasteiger charge is 2.15. The molecule has 0 saturated heterocycles. The van der Waals surface area contributed by atoms with E-state index in [1.807, 2.05) is 4.90 Å². The number of hydrogen-bond donors (Lipinski definition) is 1. The molecular formula is C13H25N5OS. The number of aromatic nitrogens is 3. The SMILES string of the molecule is CCCCN(CCCC)C(=O)CSc1nnc(N)n1C.